The summed E-state index contributed by atoms with van der Waals surface area (Å²) in [5.74, 6) is -3.97. The molecule has 4 saturated carbocycles. The molecule has 0 radical (unpaired) electrons. The zero-order chi connectivity index (χ0) is 56.4. The topological polar surface area (TPSA) is 360 Å². The van der Waals surface area contributed by atoms with Crippen molar-refractivity contribution < 1.29 is 143 Å². The van der Waals surface area contributed by atoms with Crippen molar-refractivity contribution in [2.24, 2.45) is 56.2 Å². The van der Waals surface area contributed by atoms with Crippen LogP contribution in [0.4, 0.5) is 0 Å². The number of carboxylic acid groups (broad SMARTS) is 1. The van der Waals surface area contributed by atoms with E-state index in [1.54, 1.807) is 13.8 Å². The first-order valence-electron chi connectivity index (χ1n) is 27.4. The number of fused-ring (bicyclic) bond motifs is 7. The number of aliphatic hydroxyl groups is 9. The summed E-state index contributed by atoms with van der Waals surface area (Å²) < 4.78 is 54.2. The van der Waals surface area contributed by atoms with Gasteiger partial charge in [0.1, 0.15) is 67.1 Å². The normalized spacial score (nSPS) is 51.0. The molecule has 4 saturated heterocycles. The van der Waals surface area contributed by atoms with Crippen molar-refractivity contribution in [3.8, 4) is 0 Å². The van der Waals surface area contributed by atoms with Crippen LogP contribution in [0.3, 0.4) is 0 Å². The number of esters is 2. The van der Waals surface area contributed by atoms with Crippen LogP contribution in [0.5, 0.6) is 0 Å². The molecule has 28 atom stereocenters. The summed E-state index contributed by atoms with van der Waals surface area (Å²) in [5.41, 5.74) is -2.68. The monoisotopic (exact) mass is 1120 g/mol. The van der Waals surface area contributed by atoms with Crippen molar-refractivity contribution in [1.29, 1.82) is 0 Å². The zero-order valence-electron chi connectivity index (χ0n) is 46.4. The Morgan fingerprint density at radius 3 is 2.09 bits per heavy atom. The van der Waals surface area contributed by atoms with E-state index in [4.69, 9.17) is 42.6 Å². The third kappa shape index (κ3) is 9.81. The number of hydrogen-bond donors (Lipinski definition) is 10. The summed E-state index contributed by atoms with van der Waals surface area (Å²) in [6.07, 6.45) is -23.5. The first-order valence-corrected chi connectivity index (χ1v) is 27.4. The molecule has 0 spiro atoms. The Kier molecular flexibility index (Phi) is 18.0. The molecule has 0 aromatic heterocycles. The van der Waals surface area contributed by atoms with Crippen molar-refractivity contribution >= 4 is 17.9 Å². The molecule has 78 heavy (non-hydrogen) atoms. The molecule has 10 N–H and O–H groups in total. The fourth-order valence-corrected chi connectivity index (χ4v) is 16.5. The van der Waals surface area contributed by atoms with Crippen molar-refractivity contribution in [2.75, 3.05) is 26.4 Å². The van der Waals surface area contributed by atoms with Gasteiger partial charge in [0.25, 0.3) is 0 Å². The molecule has 23 nitrogen and oxygen atoms in total. The maximum Gasteiger partial charge on any atom is 1.00 e. The predicted octanol–water partition coefficient (Wildman–Crippen LogP) is -4.21. The second-order valence-electron chi connectivity index (χ2n) is 25.8. The van der Waals surface area contributed by atoms with Crippen LogP contribution in [0.1, 0.15) is 107 Å². The van der Waals surface area contributed by atoms with Gasteiger partial charge in [-0.2, -0.15) is 0 Å². The number of aliphatic carboxylic acids is 1. The number of allylic oxidation sites excluding steroid dienone is 2. The third-order valence-electron chi connectivity index (χ3n) is 21.3. The molecule has 9 aliphatic rings. The fraction of sp³-hybridized carbons (Fsp3) is 0.907. The molecule has 4 aliphatic heterocycles. The molecule has 4 heterocycles. The molecular weight excluding hydrogens is 1040 g/mol. The molecule has 10 unspecified atom stereocenters. The Hall–Kier alpha value is -1.53. The van der Waals surface area contributed by atoms with E-state index >= 15 is 0 Å². The third-order valence-corrected chi connectivity index (χ3v) is 21.3. The second-order valence-corrected chi connectivity index (χ2v) is 25.8. The Morgan fingerprint density at radius 1 is 0.782 bits per heavy atom. The van der Waals surface area contributed by atoms with Crippen LogP contribution in [-0.4, -0.2) is 212 Å². The average Bonchev–Trinajstić information content (AvgIpc) is 3.60. The Labute approximate surface area is 476 Å². The van der Waals surface area contributed by atoms with Crippen LogP contribution >= 0.6 is 0 Å². The first kappa shape index (κ1) is 62.5. The fourth-order valence-electron chi connectivity index (χ4n) is 16.5. The molecule has 2 bridgehead atoms. The molecule has 24 heteroatoms. The molecule has 0 amide bonds. The molecule has 0 aromatic carbocycles. The second kappa shape index (κ2) is 22.5. The molecule has 8 fully saturated rings. The maximum atomic E-state index is 14.9. The average molecular weight is 1120 g/mol. The predicted molar refractivity (Wildman–Crippen MR) is 259 cm³/mol. The summed E-state index contributed by atoms with van der Waals surface area (Å²) in [4.78, 5) is 38.4. The minimum Gasteiger partial charge on any atom is -0.850 e. The summed E-state index contributed by atoms with van der Waals surface area (Å²) in [5, 5.41) is 123. The molecule has 5 aliphatic carbocycles. The van der Waals surface area contributed by atoms with Crippen molar-refractivity contribution in [3.05, 3.63) is 11.6 Å². The largest absolute Gasteiger partial charge is 1.00 e. The summed E-state index contributed by atoms with van der Waals surface area (Å²) in [6, 6.07) is 0. The summed E-state index contributed by atoms with van der Waals surface area (Å²) >= 11 is 0. The van der Waals surface area contributed by atoms with E-state index in [1.807, 2.05) is 6.92 Å². The Morgan fingerprint density at radius 2 is 1.45 bits per heavy atom. The van der Waals surface area contributed by atoms with Gasteiger partial charge < -0.3 is 98.8 Å². The van der Waals surface area contributed by atoms with E-state index in [0.717, 1.165) is 0 Å². The zero-order valence-corrected chi connectivity index (χ0v) is 48.4. The van der Waals surface area contributed by atoms with Gasteiger partial charge in [0.05, 0.1) is 50.7 Å². The summed E-state index contributed by atoms with van der Waals surface area (Å²) in [6.45, 7) is 15.6. The number of rotatable bonds is 14. The molecule has 438 valence electrons. The van der Waals surface area contributed by atoms with Crippen molar-refractivity contribution in [1.82, 2.24) is 0 Å². The quantitative estimate of drug-likeness (QED) is 0.0341. The van der Waals surface area contributed by atoms with Crippen molar-refractivity contribution in [2.45, 2.75) is 224 Å². The van der Waals surface area contributed by atoms with Crippen molar-refractivity contribution in [3.63, 3.8) is 0 Å². The van der Waals surface area contributed by atoms with Crippen LogP contribution < -0.4 is 34.7 Å². The van der Waals surface area contributed by atoms with Gasteiger partial charge in [0.2, 0.25) is 0 Å². The number of ether oxygens (including phenoxy) is 9. The number of aliphatic hydroxyl groups excluding tert-OH is 9. The van der Waals surface area contributed by atoms with Gasteiger partial charge in [-0.3, -0.25) is 9.59 Å². The van der Waals surface area contributed by atoms with E-state index in [2.05, 4.69) is 40.7 Å². The standard InChI is InChI=1S/C54H83O23.Na/c1-22(23(2)71-24(3)57)45(68)70-21-54-26-16-49(4,5)43(42(54)65)73-32(54)17-53(9)25(26)10-11-30-50(6)14-13-31(51(7,20-56)29(50)12-15-52(30,53)8)74-48-40(76-46-36(62)33(59)27(58)19-69-46)38(64)39(41(77-48)44(66)67)75-47-37(63)35(61)34(60)28(18-55)72-47;/h10,22-23,26-43,46-48,55-56,58-64H,11-21H2,1-9H3,(H,66,67);/q-1;+1/t22?,23?,26?,27-,28-,29?,30?,31?,32-,33+,34-,35+,36-,37-,38+,39+,40-,41+,42?,43-,46+,47-,48-,50?,51-,52?,53-,54?;/m1./s1. The smallest absolute Gasteiger partial charge is 0.850 e. The minimum absolute atomic E-state index is 0. The van der Waals surface area contributed by atoms with Crippen LogP contribution in [0, 0.1) is 56.2 Å². The SMILES string of the molecule is CC(=O)OC(C)C(C)C(=O)OCC12C3CC(C)(C)[C@H](O[C@@H]1C[C@]1(C)C3=CCC3C4(C)CCC(O[C@@H]5O[C@H](C(=O)O)[C@@H](O[C@H]6O[C@H](CO)[C@@H](O)[C@H](O)[C@H]6O)[C@H](O)[C@H]5O[C@@H]5OC[C@@H](O)[C@H](O)[C@H]5O)[C@](C)(CO)C4CCC31C)C2[O-].[Na+]. The molecule has 0 aromatic rings. The number of carbonyl (C=O) groups is 3. The van der Waals surface area contributed by atoms with E-state index in [0.29, 0.717) is 44.9 Å². The number of carboxylic acids is 1. The van der Waals surface area contributed by atoms with Gasteiger partial charge in [0, 0.05) is 17.8 Å². The van der Waals surface area contributed by atoms with E-state index in [9.17, 15) is 70.6 Å². The van der Waals surface area contributed by atoms with Crippen LogP contribution in [-0.2, 0) is 57.0 Å². The number of hydrogen-bond acceptors (Lipinski definition) is 22. The van der Waals surface area contributed by atoms with Gasteiger partial charge in [-0.05, 0) is 98.2 Å². The van der Waals surface area contributed by atoms with Gasteiger partial charge in [-0.1, -0.05) is 59.3 Å². The van der Waals surface area contributed by atoms with Gasteiger partial charge >= 0.3 is 47.5 Å². The van der Waals surface area contributed by atoms with Gasteiger partial charge in [0.15, 0.2) is 25.0 Å². The van der Waals surface area contributed by atoms with E-state index in [-0.39, 0.29) is 65.9 Å². The first-order chi connectivity index (χ1) is 36.0. The van der Waals surface area contributed by atoms with E-state index < -0.39 is 181 Å². The summed E-state index contributed by atoms with van der Waals surface area (Å²) in [7, 11) is 0. The minimum atomic E-state index is -2.09. The Balaban J connectivity index is 0.00000803. The van der Waals surface area contributed by atoms with E-state index in [1.165, 1.54) is 12.5 Å². The van der Waals surface area contributed by atoms with Crippen LogP contribution in [0.15, 0.2) is 11.6 Å². The number of carbonyl (C=O) groups excluding carboxylic acids is 2. The van der Waals surface area contributed by atoms with Gasteiger partial charge in [-0.15, -0.1) is 0 Å². The maximum absolute atomic E-state index is 14.9. The van der Waals surface area contributed by atoms with Crippen LogP contribution in [0.2, 0.25) is 0 Å². The molecular formula is C54H83NaO23. The van der Waals surface area contributed by atoms with Crippen LogP contribution in [0.25, 0.3) is 0 Å². The molecule has 9 rings (SSSR count). The van der Waals surface area contributed by atoms with Gasteiger partial charge in [-0.25, -0.2) is 4.79 Å². The Bertz CT molecular complexity index is 2240.